The van der Waals surface area contributed by atoms with Crippen LogP contribution in [-0.4, -0.2) is 25.7 Å². The van der Waals surface area contributed by atoms with Crippen LogP contribution in [0.2, 0.25) is 0 Å². The lowest BCUT2D eigenvalue weighted by Crippen LogP contribution is -2.02. The van der Waals surface area contributed by atoms with E-state index in [-0.39, 0.29) is 11.4 Å². The van der Waals surface area contributed by atoms with Crippen molar-refractivity contribution in [1.82, 2.24) is 0 Å². The molecule has 0 unspecified atom stereocenters. The van der Waals surface area contributed by atoms with E-state index in [4.69, 9.17) is 15.4 Å². The molecule has 0 heterocycles. The van der Waals surface area contributed by atoms with Crippen molar-refractivity contribution in [2.45, 2.75) is 33.1 Å². The molecule has 0 saturated heterocycles. The third kappa shape index (κ3) is 6.31. The molecule has 1 aromatic rings. The van der Waals surface area contributed by atoms with Gasteiger partial charge in [-0.3, -0.25) is 10.1 Å². The molecule has 118 valence electrons. The van der Waals surface area contributed by atoms with E-state index < -0.39 is 14.0 Å². The van der Waals surface area contributed by atoms with E-state index in [0.717, 1.165) is 0 Å². The Labute approximate surface area is 128 Å². The second kappa shape index (κ2) is 7.61. The Morgan fingerprint density at radius 1 is 1.19 bits per heavy atom. The van der Waals surface area contributed by atoms with E-state index in [1.807, 2.05) is 0 Å². The van der Waals surface area contributed by atoms with Gasteiger partial charge in [-0.1, -0.05) is 0 Å². The molecular weight excluding hydrogens is 318 g/mol. The topological polar surface area (TPSA) is 86.5 Å². The highest BCUT2D eigenvalue weighted by Gasteiger charge is 2.13. The molecule has 0 radical (unpaired) electrons. The first-order chi connectivity index (χ1) is 9.70. The van der Waals surface area contributed by atoms with Crippen molar-refractivity contribution in [2.75, 3.05) is 12.4 Å². The normalized spacial score (nSPS) is 11.4. The first-order valence-corrected chi connectivity index (χ1v) is 8.99. The van der Waals surface area contributed by atoms with Crippen LogP contribution >= 0.6 is 10.7 Å². The van der Waals surface area contributed by atoms with Crippen LogP contribution in [0.4, 0.5) is 5.69 Å². The van der Waals surface area contributed by atoms with E-state index in [2.05, 4.69) is 0 Å². The fourth-order valence-electron chi connectivity index (χ4n) is 1.86. The number of unbranched alkanes of at least 4 members (excludes halogenated alkanes) is 2. The molecule has 0 atom stereocenters. The van der Waals surface area contributed by atoms with Gasteiger partial charge < -0.3 is 4.74 Å². The molecule has 0 aliphatic carbocycles. The minimum absolute atomic E-state index is 0.0375. The highest BCUT2D eigenvalue weighted by molar-refractivity contribution is 8.13. The summed E-state index contributed by atoms with van der Waals surface area (Å²) in [6, 6.07) is 3.14. The van der Waals surface area contributed by atoms with Crippen molar-refractivity contribution in [3.05, 3.63) is 33.4 Å². The number of hydrogen-bond acceptors (Lipinski definition) is 5. The van der Waals surface area contributed by atoms with Gasteiger partial charge in [0.2, 0.25) is 9.05 Å². The van der Waals surface area contributed by atoms with Crippen molar-refractivity contribution >= 4 is 25.4 Å². The summed E-state index contributed by atoms with van der Waals surface area (Å²) < 4.78 is 27.0. The maximum atomic E-state index is 10.8. The van der Waals surface area contributed by atoms with Crippen LogP contribution in [0.25, 0.3) is 0 Å². The molecule has 0 N–H and O–H groups in total. The van der Waals surface area contributed by atoms with Gasteiger partial charge in [-0.15, -0.1) is 0 Å². The summed E-state index contributed by atoms with van der Waals surface area (Å²) in [5.74, 6) is 0.576. The van der Waals surface area contributed by atoms with E-state index in [1.54, 1.807) is 19.9 Å². The van der Waals surface area contributed by atoms with Crippen LogP contribution in [0, 0.1) is 24.0 Å². The van der Waals surface area contributed by atoms with Crippen LogP contribution in [0.15, 0.2) is 12.1 Å². The Kier molecular flexibility index (Phi) is 6.42. The van der Waals surface area contributed by atoms with Gasteiger partial charge >= 0.3 is 0 Å². The third-order valence-corrected chi connectivity index (χ3v) is 4.22. The molecule has 0 aliphatic rings. The molecule has 0 bridgehead atoms. The van der Waals surface area contributed by atoms with Crippen LogP contribution in [-0.2, 0) is 9.05 Å². The van der Waals surface area contributed by atoms with Gasteiger partial charge in [0, 0.05) is 22.3 Å². The Morgan fingerprint density at radius 2 is 1.86 bits per heavy atom. The number of nitro groups is 1. The minimum Gasteiger partial charge on any atom is -0.493 e. The number of nitrogens with zero attached hydrogens (tertiary/aromatic N) is 1. The minimum atomic E-state index is -3.42. The lowest BCUT2D eigenvalue weighted by Gasteiger charge is -2.10. The SMILES string of the molecule is Cc1cc([N+](=O)[O-])c(C)cc1OCCCCCS(=O)(=O)Cl. The fourth-order valence-corrected chi connectivity index (χ4v) is 2.74. The zero-order chi connectivity index (χ0) is 16.0. The number of nitro benzene ring substituents is 1. The standard InChI is InChI=1S/C13H18ClNO5S/c1-10-9-13(11(2)8-12(10)15(16)17)20-6-4-3-5-7-21(14,18)19/h8-9H,3-7H2,1-2H3. The van der Waals surface area contributed by atoms with Gasteiger partial charge in [-0.25, -0.2) is 8.42 Å². The summed E-state index contributed by atoms with van der Waals surface area (Å²) in [6.45, 7) is 3.85. The zero-order valence-corrected chi connectivity index (χ0v) is 13.5. The largest absolute Gasteiger partial charge is 0.493 e. The van der Waals surface area contributed by atoms with Crippen LogP contribution in [0.1, 0.15) is 30.4 Å². The molecular formula is C13H18ClNO5S. The predicted octanol–water partition coefficient (Wildman–Crippen LogP) is 3.33. The van der Waals surface area contributed by atoms with Crippen molar-refractivity contribution in [3.8, 4) is 5.75 Å². The number of aryl methyl sites for hydroxylation is 2. The van der Waals surface area contributed by atoms with Gasteiger partial charge in [0.1, 0.15) is 5.75 Å². The van der Waals surface area contributed by atoms with Crippen LogP contribution < -0.4 is 4.74 Å². The quantitative estimate of drug-likeness (QED) is 0.315. The molecule has 1 rings (SSSR count). The first kappa shape index (κ1) is 17.7. The summed E-state index contributed by atoms with van der Waals surface area (Å²) in [7, 11) is 1.69. The molecule has 0 fully saturated rings. The van der Waals surface area contributed by atoms with Gasteiger partial charge in [-0.05, 0) is 44.7 Å². The molecule has 1 aromatic carbocycles. The number of ether oxygens (including phenoxy) is 1. The number of hydrogen-bond donors (Lipinski definition) is 0. The highest BCUT2D eigenvalue weighted by atomic mass is 35.7. The third-order valence-electron chi connectivity index (χ3n) is 2.98. The average Bonchev–Trinajstić information content (AvgIpc) is 2.35. The lowest BCUT2D eigenvalue weighted by molar-refractivity contribution is -0.385. The second-order valence-electron chi connectivity index (χ2n) is 4.81. The Morgan fingerprint density at radius 3 is 2.43 bits per heavy atom. The summed E-state index contributed by atoms with van der Waals surface area (Å²) >= 11 is 0. The van der Waals surface area contributed by atoms with Crippen molar-refractivity contribution in [2.24, 2.45) is 0 Å². The molecule has 6 nitrogen and oxygen atoms in total. The molecule has 0 aliphatic heterocycles. The summed E-state index contributed by atoms with van der Waals surface area (Å²) in [4.78, 5) is 10.4. The maximum absolute atomic E-state index is 10.8. The van der Waals surface area contributed by atoms with Crippen LogP contribution in [0.5, 0.6) is 5.75 Å². The van der Waals surface area contributed by atoms with E-state index in [1.165, 1.54) is 6.07 Å². The number of rotatable bonds is 8. The Bertz CT molecular complexity index is 615. The van der Waals surface area contributed by atoms with E-state index in [9.17, 15) is 18.5 Å². The summed E-state index contributed by atoms with van der Waals surface area (Å²) in [5, 5.41) is 10.8. The predicted molar refractivity (Wildman–Crippen MR) is 81.6 cm³/mol. The van der Waals surface area contributed by atoms with E-state index >= 15 is 0 Å². The van der Waals surface area contributed by atoms with Gasteiger partial charge in [0.25, 0.3) is 5.69 Å². The van der Waals surface area contributed by atoms with Gasteiger partial charge in [0.15, 0.2) is 0 Å². The zero-order valence-electron chi connectivity index (χ0n) is 12.0. The molecule has 0 saturated carbocycles. The molecule has 0 aromatic heterocycles. The number of halogens is 1. The van der Waals surface area contributed by atoms with Crippen molar-refractivity contribution in [3.63, 3.8) is 0 Å². The van der Waals surface area contributed by atoms with Crippen molar-refractivity contribution < 1.29 is 18.1 Å². The molecule has 21 heavy (non-hydrogen) atoms. The molecule has 0 amide bonds. The Balaban J connectivity index is 2.46. The molecule has 8 heteroatoms. The average molecular weight is 336 g/mol. The lowest BCUT2D eigenvalue weighted by atomic mass is 10.1. The second-order valence-corrected chi connectivity index (χ2v) is 7.71. The summed E-state index contributed by atoms with van der Waals surface area (Å²) in [5.41, 5.74) is 1.33. The molecule has 0 spiro atoms. The fraction of sp³-hybridized carbons (Fsp3) is 0.538. The van der Waals surface area contributed by atoms with Crippen molar-refractivity contribution in [1.29, 1.82) is 0 Å². The van der Waals surface area contributed by atoms with Gasteiger partial charge in [0.05, 0.1) is 17.3 Å². The van der Waals surface area contributed by atoms with Gasteiger partial charge in [-0.2, -0.15) is 0 Å². The van der Waals surface area contributed by atoms with Crippen LogP contribution in [0.3, 0.4) is 0 Å². The smallest absolute Gasteiger partial charge is 0.272 e. The first-order valence-electron chi connectivity index (χ1n) is 6.51. The Hall–Kier alpha value is -1.34. The monoisotopic (exact) mass is 335 g/mol. The van der Waals surface area contributed by atoms with E-state index in [0.29, 0.717) is 42.7 Å². The summed E-state index contributed by atoms with van der Waals surface area (Å²) in [6.07, 6.45) is 1.88. The highest BCUT2D eigenvalue weighted by Crippen LogP contribution is 2.27. The maximum Gasteiger partial charge on any atom is 0.272 e. The number of benzene rings is 1.